The monoisotopic (exact) mass is 327 g/mol. The number of hydrogen-bond donors (Lipinski definition) is 3. The maximum Gasteiger partial charge on any atom is 0.328 e. The van der Waals surface area contributed by atoms with Crippen molar-refractivity contribution < 1.29 is 9.90 Å². The van der Waals surface area contributed by atoms with Crippen LogP contribution < -0.4 is 16.4 Å². The predicted molar refractivity (Wildman–Crippen MR) is 94.7 cm³/mol. The second-order valence-electron chi connectivity index (χ2n) is 6.08. The Balaban J connectivity index is 1.93. The van der Waals surface area contributed by atoms with Crippen LogP contribution in [0.3, 0.4) is 0 Å². The number of nitrogens with two attached hydrogens (primary N) is 2. The Morgan fingerprint density at radius 2 is 1.83 bits per heavy atom. The number of carboxylic acids is 1. The van der Waals surface area contributed by atoms with Gasteiger partial charge in [0.1, 0.15) is 5.66 Å². The van der Waals surface area contributed by atoms with Gasteiger partial charge in [-0.25, -0.2) is 9.79 Å². The normalized spacial score (nSPS) is 20.1. The third-order valence-electron chi connectivity index (χ3n) is 4.42. The average molecular weight is 327 g/mol. The Morgan fingerprint density at radius 3 is 2.46 bits per heavy atom. The van der Waals surface area contributed by atoms with Gasteiger partial charge in [0, 0.05) is 11.8 Å². The Labute approximate surface area is 140 Å². The average Bonchev–Trinajstić information content (AvgIpc) is 2.54. The summed E-state index contributed by atoms with van der Waals surface area (Å²) in [6, 6.07) is 7.50. The molecule has 3 rings (SSSR count). The SMILES string of the molecule is NC1=NC2(CCCCC2)N(c2ccc(C=CC(=O)O)cc2)C(N)=N1. The third-order valence-corrected chi connectivity index (χ3v) is 4.42. The molecule has 1 heterocycles. The summed E-state index contributed by atoms with van der Waals surface area (Å²) in [5.41, 5.74) is 13.2. The van der Waals surface area contributed by atoms with E-state index >= 15 is 0 Å². The first kappa shape index (κ1) is 16.0. The van der Waals surface area contributed by atoms with Crippen molar-refractivity contribution in [1.29, 1.82) is 0 Å². The van der Waals surface area contributed by atoms with Crippen LogP contribution in [-0.4, -0.2) is 28.7 Å². The lowest BCUT2D eigenvalue weighted by Gasteiger charge is -2.45. The Morgan fingerprint density at radius 1 is 1.17 bits per heavy atom. The minimum Gasteiger partial charge on any atom is -0.478 e. The Hall–Kier alpha value is -2.83. The number of aliphatic imine (C=N–C) groups is 2. The van der Waals surface area contributed by atoms with E-state index in [9.17, 15) is 4.79 Å². The number of hydrogen-bond acceptors (Lipinski definition) is 6. The Kier molecular flexibility index (Phi) is 4.24. The molecule has 0 unspecified atom stereocenters. The molecule has 24 heavy (non-hydrogen) atoms. The zero-order chi connectivity index (χ0) is 17.2. The second-order valence-corrected chi connectivity index (χ2v) is 6.08. The van der Waals surface area contributed by atoms with Gasteiger partial charge in [-0.1, -0.05) is 18.6 Å². The van der Waals surface area contributed by atoms with Crippen molar-refractivity contribution in [3.8, 4) is 0 Å². The molecule has 1 aromatic rings. The largest absolute Gasteiger partial charge is 0.478 e. The van der Waals surface area contributed by atoms with E-state index in [-0.39, 0.29) is 5.96 Å². The van der Waals surface area contributed by atoms with Gasteiger partial charge in [0.15, 0.2) is 0 Å². The summed E-state index contributed by atoms with van der Waals surface area (Å²) in [5, 5.41) is 8.70. The number of aliphatic carboxylic acids is 1. The van der Waals surface area contributed by atoms with Crippen molar-refractivity contribution in [2.24, 2.45) is 21.5 Å². The van der Waals surface area contributed by atoms with Gasteiger partial charge in [-0.3, -0.25) is 4.90 Å². The van der Waals surface area contributed by atoms with Gasteiger partial charge in [-0.2, -0.15) is 4.99 Å². The summed E-state index contributed by atoms with van der Waals surface area (Å²) >= 11 is 0. The highest BCUT2D eigenvalue weighted by molar-refractivity contribution is 6.05. The molecule has 1 saturated carbocycles. The van der Waals surface area contributed by atoms with E-state index in [4.69, 9.17) is 16.6 Å². The van der Waals surface area contributed by atoms with Gasteiger partial charge < -0.3 is 16.6 Å². The summed E-state index contributed by atoms with van der Waals surface area (Å²) in [4.78, 5) is 21.3. The fraction of sp³-hybridized carbons (Fsp3) is 0.353. The summed E-state index contributed by atoms with van der Waals surface area (Å²) < 4.78 is 0. The summed E-state index contributed by atoms with van der Waals surface area (Å²) in [7, 11) is 0. The van der Waals surface area contributed by atoms with Crippen LogP contribution in [0.4, 0.5) is 5.69 Å². The number of anilines is 1. The van der Waals surface area contributed by atoms with E-state index in [0.29, 0.717) is 5.96 Å². The number of carbonyl (C=O) groups is 1. The van der Waals surface area contributed by atoms with Gasteiger partial charge in [0.2, 0.25) is 11.9 Å². The zero-order valence-corrected chi connectivity index (χ0v) is 13.4. The maximum atomic E-state index is 10.6. The first-order valence-electron chi connectivity index (χ1n) is 8.01. The molecule has 7 heteroatoms. The third kappa shape index (κ3) is 3.10. The summed E-state index contributed by atoms with van der Waals surface area (Å²) in [5.74, 6) is -0.401. The van der Waals surface area contributed by atoms with E-state index in [1.54, 1.807) is 6.08 Å². The molecule has 1 aliphatic carbocycles. The van der Waals surface area contributed by atoms with Gasteiger partial charge in [-0.05, 0) is 49.5 Å². The van der Waals surface area contributed by atoms with Crippen LogP contribution >= 0.6 is 0 Å². The molecule has 5 N–H and O–H groups in total. The number of nitrogens with zero attached hydrogens (tertiary/aromatic N) is 3. The van der Waals surface area contributed by atoms with Crippen molar-refractivity contribution in [3.63, 3.8) is 0 Å². The minimum atomic E-state index is -0.975. The van der Waals surface area contributed by atoms with Gasteiger partial charge in [0.05, 0.1) is 0 Å². The van der Waals surface area contributed by atoms with Gasteiger partial charge >= 0.3 is 5.97 Å². The van der Waals surface area contributed by atoms with Crippen LogP contribution in [0.1, 0.15) is 37.7 Å². The molecule has 0 aromatic heterocycles. The molecule has 2 aliphatic rings. The first-order valence-corrected chi connectivity index (χ1v) is 8.01. The molecule has 1 aromatic carbocycles. The molecule has 0 saturated heterocycles. The first-order chi connectivity index (χ1) is 11.5. The summed E-state index contributed by atoms with van der Waals surface area (Å²) in [6.45, 7) is 0. The second kappa shape index (κ2) is 6.35. The van der Waals surface area contributed by atoms with Crippen molar-refractivity contribution in [3.05, 3.63) is 35.9 Å². The molecule has 7 nitrogen and oxygen atoms in total. The van der Waals surface area contributed by atoms with Crippen LogP contribution in [-0.2, 0) is 4.79 Å². The molecule has 0 atom stereocenters. The topological polar surface area (TPSA) is 117 Å². The molecule has 1 spiro atoms. The van der Waals surface area contributed by atoms with E-state index < -0.39 is 11.6 Å². The van der Waals surface area contributed by atoms with Gasteiger partial charge in [-0.15, -0.1) is 0 Å². The number of rotatable bonds is 3. The fourth-order valence-electron chi connectivity index (χ4n) is 3.40. The standard InChI is InChI=1S/C17H21N5O2/c18-15-20-16(19)22(17(21-15)10-2-1-3-11-17)13-7-4-12(5-8-13)6-9-14(23)24/h4-9H,1-3,10-11H2,(H,23,24)(H4,18,19,20,21). The van der Waals surface area contributed by atoms with Crippen LogP contribution in [0, 0.1) is 0 Å². The lowest BCUT2D eigenvalue weighted by atomic mass is 9.87. The summed E-state index contributed by atoms with van der Waals surface area (Å²) in [6.07, 6.45) is 7.74. The fourth-order valence-corrected chi connectivity index (χ4v) is 3.40. The zero-order valence-electron chi connectivity index (χ0n) is 13.4. The maximum absolute atomic E-state index is 10.6. The van der Waals surface area contributed by atoms with Crippen molar-refractivity contribution in [1.82, 2.24) is 0 Å². The van der Waals surface area contributed by atoms with Gasteiger partial charge in [0.25, 0.3) is 0 Å². The highest BCUT2D eigenvalue weighted by atomic mass is 16.4. The predicted octanol–water partition coefficient (Wildman–Crippen LogP) is 1.89. The highest BCUT2D eigenvalue weighted by Crippen LogP contribution is 2.39. The van der Waals surface area contributed by atoms with Crippen molar-refractivity contribution >= 4 is 29.7 Å². The molecular weight excluding hydrogens is 306 g/mol. The van der Waals surface area contributed by atoms with Crippen LogP contribution in [0.25, 0.3) is 6.08 Å². The molecule has 0 bridgehead atoms. The lowest BCUT2D eigenvalue weighted by Crippen LogP contribution is -2.58. The van der Waals surface area contributed by atoms with Crippen LogP contribution in [0.2, 0.25) is 0 Å². The highest BCUT2D eigenvalue weighted by Gasteiger charge is 2.42. The van der Waals surface area contributed by atoms with E-state index in [1.165, 1.54) is 6.42 Å². The molecule has 1 aliphatic heterocycles. The molecular formula is C17H21N5O2. The smallest absolute Gasteiger partial charge is 0.328 e. The van der Waals surface area contributed by atoms with Crippen LogP contribution in [0.5, 0.6) is 0 Å². The van der Waals surface area contributed by atoms with Crippen molar-refractivity contribution in [2.45, 2.75) is 37.8 Å². The van der Waals surface area contributed by atoms with E-state index in [2.05, 4.69) is 9.98 Å². The number of benzene rings is 1. The molecule has 126 valence electrons. The lowest BCUT2D eigenvalue weighted by molar-refractivity contribution is -0.131. The molecule has 0 radical (unpaired) electrons. The Bertz CT molecular complexity index is 715. The molecule has 0 amide bonds. The molecule has 1 fully saturated rings. The minimum absolute atomic E-state index is 0.228. The van der Waals surface area contributed by atoms with Crippen LogP contribution in [0.15, 0.2) is 40.3 Å². The van der Waals surface area contributed by atoms with E-state index in [1.807, 2.05) is 29.2 Å². The van der Waals surface area contributed by atoms with Crippen molar-refractivity contribution in [2.75, 3.05) is 4.90 Å². The quantitative estimate of drug-likeness (QED) is 0.733. The number of carboxylic acid groups (broad SMARTS) is 1. The van der Waals surface area contributed by atoms with E-state index in [0.717, 1.165) is 43.0 Å². The number of guanidine groups is 2.